The number of nitrogens with zero attached hydrogens (tertiary/aromatic N) is 2. The van der Waals surface area contributed by atoms with E-state index in [-0.39, 0.29) is 29.1 Å². The summed E-state index contributed by atoms with van der Waals surface area (Å²) in [5, 5.41) is 13.6. The number of carbonyl (C=O) groups excluding carboxylic acids is 2. The smallest absolute Gasteiger partial charge is 0.233 e. The highest BCUT2D eigenvalue weighted by atomic mass is 16.5. The highest BCUT2D eigenvalue weighted by molar-refractivity contribution is 6.03. The van der Waals surface area contributed by atoms with Crippen molar-refractivity contribution in [3.05, 3.63) is 0 Å². The standard InChI is InChI=1S/C18H31N2O3/c1-16(2,3)13-8-14(21)19(15(13)22)11-12-9-17(4,5)20(23)18(6,7)10-12/h12-13H,8-11H2,1-7H3. The number of amides is 2. The largest absolute Gasteiger partial charge is 0.282 e. The topological polar surface area (TPSA) is 60.5 Å². The van der Waals surface area contributed by atoms with Crippen molar-refractivity contribution in [1.29, 1.82) is 0 Å². The molecule has 2 rings (SSSR count). The van der Waals surface area contributed by atoms with E-state index >= 15 is 0 Å². The number of hydrogen-bond acceptors (Lipinski definition) is 3. The van der Waals surface area contributed by atoms with Crippen LogP contribution in [0.25, 0.3) is 0 Å². The second-order valence-corrected chi connectivity index (χ2v) is 9.66. The van der Waals surface area contributed by atoms with Crippen LogP contribution in [-0.2, 0) is 14.8 Å². The molecule has 0 aromatic rings. The van der Waals surface area contributed by atoms with E-state index in [0.29, 0.717) is 25.8 Å². The van der Waals surface area contributed by atoms with Crippen molar-refractivity contribution in [1.82, 2.24) is 9.96 Å². The molecule has 0 N–H and O–H groups in total. The molecule has 0 spiro atoms. The third-order valence-corrected chi connectivity index (χ3v) is 5.41. The Morgan fingerprint density at radius 1 is 1.04 bits per heavy atom. The number of carbonyl (C=O) groups is 2. The van der Waals surface area contributed by atoms with Gasteiger partial charge < -0.3 is 0 Å². The maximum atomic E-state index is 12.7. The second kappa shape index (κ2) is 5.55. The fourth-order valence-corrected chi connectivity index (χ4v) is 4.41. The minimum atomic E-state index is -0.471. The molecule has 0 bridgehead atoms. The maximum Gasteiger partial charge on any atom is 0.233 e. The van der Waals surface area contributed by atoms with Crippen LogP contribution in [0.3, 0.4) is 0 Å². The van der Waals surface area contributed by atoms with Crippen molar-refractivity contribution in [3.63, 3.8) is 0 Å². The molecule has 1 radical (unpaired) electrons. The molecular weight excluding hydrogens is 292 g/mol. The Balaban J connectivity index is 2.13. The number of hydroxylamine groups is 2. The van der Waals surface area contributed by atoms with Crippen LogP contribution in [0.4, 0.5) is 0 Å². The normalized spacial score (nSPS) is 29.4. The summed E-state index contributed by atoms with van der Waals surface area (Å²) in [6.45, 7) is 14.3. The Kier molecular flexibility index (Phi) is 4.44. The van der Waals surface area contributed by atoms with Crippen molar-refractivity contribution < 1.29 is 14.8 Å². The zero-order valence-electron chi connectivity index (χ0n) is 15.6. The van der Waals surface area contributed by atoms with Gasteiger partial charge in [-0.3, -0.25) is 14.5 Å². The zero-order valence-corrected chi connectivity index (χ0v) is 15.6. The Morgan fingerprint density at radius 2 is 1.52 bits per heavy atom. The van der Waals surface area contributed by atoms with E-state index < -0.39 is 11.1 Å². The molecule has 2 aliphatic heterocycles. The van der Waals surface area contributed by atoms with Gasteiger partial charge in [-0.1, -0.05) is 20.8 Å². The monoisotopic (exact) mass is 323 g/mol. The van der Waals surface area contributed by atoms with Gasteiger partial charge in [0.1, 0.15) is 0 Å². The fraction of sp³-hybridized carbons (Fsp3) is 0.889. The molecule has 0 aromatic heterocycles. The molecule has 5 nitrogen and oxygen atoms in total. The van der Waals surface area contributed by atoms with E-state index in [4.69, 9.17) is 0 Å². The summed E-state index contributed by atoms with van der Waals surface area (Å²) in [6, 6.07) is 0. The first kappa shape index (κ1) is 18.4. The van der Waals surface area contributed by atoms with E-state index in [2.05, 4.69) is 0 Å². The third kappa shape index (κ3) is 3.45. The van der Waals surface area contributed by atoms with Gasteiger partial charge >= 0.3 is 0 Å². The molecule has 2 amide bonds. The van der Waals surface area contributed by atoms with Crippen molar-refractivity contribution >= 4 is 11.8 Å². The summed E-state index contributed by atoms with van der Waals surface area (Å²) < 4.78 is 0. The molecule has 2 aliphatic rings. The van der Waals surface area contributed by atoms with Crippen molar-refractivity contribution in [2.75, 3.05) is 6.54 Å². The molecule has 2 saturated heterocycles. The molecule has 1 atom stereocenters. The first-order valence-electron chi connectivity index (χ1n) is 8.57. The van der Waals surface area contributed by atoms with Crippen LogP contribution >= 0.6 is 0 Å². The second-order valence-electron chi connectivity index (χ2n) is 9.66. The number of rotatable bonds is 2. The summed E-state index contributed by atoms with van der Waals surface area (Å²) in [7, 11) is 0. The van der Waals surface area contributed by atoms with Gasteiger partial charge in [0.15, 0.2) is 0 Å². The lowest BCUT2D eigenvalue weighted by atomic mass is 9.75. The average Bonchev–Trinajstić information content (AvgIpc) is 2.63. The van der Waals surface area contributed by atoms with Crippen LogP contribution < -0.4 is 0 Å². The average molecular weight is 323 g/mol. The van der Waals surface area contributed by atoms with E-state index in [9.17, 15) is 14.8 Å². The highest BCUT2D eigenvalue weighted by Crippen LogP contribution is 2.42. The van der Waals surface area contributed by atoms with Crippen LogP contribution in [-0.4, -0.2) is 39.4 Å². The molecule has 2 fully saturated rings. The lowest BCUT2D eigenvalue weighted by Crippen LogP contribution is -2.59. The molecule has 23 heavy (non-hydrogen) atoms. The minimum Gasteiger partial charge on any atom is -0.282 e. The summed E-state index contributed by atoms with van der Waals surface area (Å²) >= 11 is 0. The molecule has 1 unspecified atom stereocenters. The Bertz CT molecular complexity index is 487. The van der Waals surface area contributed by atoms with Gasteiger partial charge in [-0.2, -0.15) is 0 Å². The number of imide groups is 1. The molecule has 5 heteroatoms. The molecule has 0 aliphatic carbocycles. The zero-order chi connectivity index (χ0) is 17.8. The van der Waals surface area contributed by atoms with Gasteiger partial charge in [0.05, 0.1) is 5.92 Å². The molecule has 0 saturated carbocycles. The van der Waals surface area contributed by atoms with Crippen molar-refractivity contribution in [2.45, 2.75) is 78.8 Å². The number of piperidine rings is 1. The minimum absolute atomic E-state index is 0.0392. The quantitative estimate of drug-likeness (QED) is 0.734. The van der Waals surface area contributed by atoms with Crippen molar-refractivity contribution in [2.24, 2.45) is 17.3 Å². The molecule has 131 valence electrons. The number of hydrogen-bond donors (Lipinski definition) is 0. The van der Waals surface area contributed by atoms with E-state index in [1.807, 2.05) is 48.5 Å². The van der Waals surface area contributed by atoms with Gasteiger partial charge in [0, 0.05) is 24.0 Å². The highest BCUT2D eigenvalue weighted by Gasteiger charge is 2.49. The third-order valence-electron chi connectivity index (χ3n) is 5.41. The molecular formula is C18H31N2O3. The predicted octanol–water partition coefficient (Wildman–Crippen LogP) is 3.02. The van der Waals surface area contributed by atoms with Gasteiger partial charge in [-0.15, -0.1) is 10.3 Å². The Morgan fingerprint density at radius 3 is 1.91 bits per heavy atom. The van der Waals surface area contributed by atoms with Crippen LogP contribution in [0.2, 0.25) is 0 Å². The van der Waals surface area contributed by atoms with Gasteiger partial charge in [0.2, 0.25) is 11.8 Å². The Labute approximate surface area is 140 Å². The summed E-state index contributed by atoms with van der Waals surface area (Å²) in [5.74, 6) is -0.148. The lowest BCUT2D eigenvalue weighted by molar-refractivity contribution is -0.294. The van der Waals surface area contributed by atoms with Crippen LogP contribution in [0.5, 0.6) is 0 Å². The van der Waals surface area contributed by atoms with Crippen LogP contribution in [0.1, 0.15) is 67.7 Å². The van der Waals surface area contributed by atoms with E-state index in [0.717, 1.165) is 0 Å². The van der Waals surface area contributed by atoms with Crippen molar-refractivity contribution in [3.8, 4) is 0 Å². The first-order valence-corrected chi connectivity index (χ1v) is 8.57. The summed E-state index contributed by atoms with van der Waals surface area (Å²) in [6.07, 6.45) is 1.73. The SMILES string of the molecule is CC(C)(C)C1CC(=O)N(CC2CC(C)(C)N([O])C(C)(C)C2)C1=O. The van der Waals surface area contributed by atoms with Crippen LogP contribution in [0.15, 0.2) is 0 Å². The fourth-order valence-electron chi connectivity index (χ4n) is 4.41. The summed E-state index contributed by atoms with van der Waals surface area (Å²) in [5.41, 5.74) is -1.14. The lowest BCUT2D eigenvalue weighted by Gasteiger charge is -2.50. The van der Waals surface area contributed by atoms with Gasteiger partial charge in [-0.05, 0) is 51.9 Å². The Hall–Kier alpha value is -0.940. The summed E-state index contributed by atoms with van der Waals surface area (Å²) in [4.78, 5) is 26.4. The molecule has 2 heterocycles. The van der Waals surface area contributed by atoms with Gasteiger partial charge in [-0.25, -0.2) is 0 Å². The van der Waals surface area contributed by atoms with E-state index in [1.54, 1.807) is 0 Å². The molecule has 0 aromatic carbocycles. The number of likely N-dealkylation sites (tertiary alicyclic amines) is 1. The maximum absolute atomic E-state index is 12.7. The van der Waals surface area contributed by atoms with Gasteiger partial charge in [0.25, 0.3) is 0 Å². The van der Waals surface area contributed by atoms with E-state index in [1.165, 1.54) is 9.96 Å². The predicted molar refractivity (Wildman–Crippen MR) is 87.7 cm³/mol. The van der Waals surface area contributed by atoms with Crippen LogP contribution in [0, 0.1) is 17.3 Å². The first-order chi connectivity index (χ1) is 10.3.